The van der Waals surface area contributed by atoms with E-state index >= 15 is 0 Å². The van der Waals surface area contributed by atoms with Gasteiger partial charge in [0.2, 0.25) is 11.8 Å². The van der Waals surface area contributed by atoms with E-state index in [0.29, 0.717) is 26.1 Å². The summed E-state index contributed by atoms with van der Waals surface area (Å²) in [5.74, 6) is 0.0545. The van der Waals surface area contributed by atoms with Crippen LogP contribution in [0.4, 0.5) is 0 Å². The number of aliphatic hydroxyl groups is 2. The van der Waals surface area contributed by atoms with E-state index in [0.717, 1.165) is 45.1 Å². The summed E-state index contributed by atoms with van der Waals surface area (Å²) < 4.78 is 0. The van der Waals surface area contributed by atoms with E-state index in [9.17, 15) is 19.8 Å². The Morgan fingerprint density at radius 1 is 0.963 bits per heavy atom. The number of carbonyl (C=O) groups is 2. The van der Waals surface area contributed by atoms with Gasteiger partial charge in [0.15, 0.2) is 0 Å². The van der Waals surface area contributed by atoms with Crippen molar-refractivity contribution in [2.75, 3.05) is 26.2 Å². The molecule has 5 atom stereocenters. The molecule has 3 fully saturated rings. The smallest absolute Gasteiger partial charge is 0.228 e. The summed E-state index contributed by atoms with van der Waals surface area (Å²) in [5, 5.41) is 28.9. The van der Waals surface area contributed by atoms with Gasteiger partial charge in [0.05, 0.1) is 17.6 Å². The van der Waals surface area contributed by atoms with Gasteiger partial charge in [-0.25, -0.2) is 0 Å². The summed E-state index contributed by atoms with van der Waals surface area (Å²) in [7, 11) is 0. The van der Waals surface area contributed by atoms with Crippen molar-refractivity contribution >= 4 is 24.2 Å². The molecule has 0 aromatic carbocycles. The van der Waals surface area contributed by atoms with Crippen molar-refractivity contribution < 1.29 is 19.8 Å². The van der Waals surface area contributed by atoms with Crippen LogP contribution in [0.5, 0.6) is 0 Å². The van der Waals surface area contributed by atoms with Gasteiger partial charge in [-0.2, -0.15) is 0 Å². The molecule has 8 heteroatoms. The normalized spacial score (nSPS) is 35.6. The molecule has 2 amide bonds. The van der Waals surface area contributed by atoms with Crippen LogP contribution in [-0.2, 0) is 9.59 Å². The second-order valence-electron chi connectivity index (χ2n) is 8.41. The third-order valence-corrected chi connectivity index (χ3v) is 6.55. The lowest BCUT2D eigenvalue weighted by atomic mass is 9.82. The molecular formula is C19H34ClN3O4. The number of amides is 2. The summed E-state index contributed by atoms with van der Waals surface area (Å²) in [5.41, 5.74) is -0.706. The average molecular weight is 404 g/mol. The summed E-state index contributed by atoms with van der Waals surface area (Å²) >= 11 is 0. The number of aliphatic hydroxyl groups excluding tert-OH is 2. The van der Waals surface area contributed by atoms with Crippen LogP contribution >= 0.6 is 12.4 Å². The molecule has 5 N–H and O–H groups in total. The van der Waals surface area contributed by atoms with E-state index in [1.165, 1.54) is 0 Å². The molecular weight excluding hydrogens is 370 g/mol. The van der Waals surface area contributed by atoms with Crippen LogP contribution in [0.15, 0.2) is 0 Å². The molecule has 3 aliphatic rings. The Labute approximate surface area is 167 Å². The predicted octanol–water partition coefficient (Wildman–Crippen LogP) is 0.332. The first-order valence-electron chi connectivity index (χ1n) is 10.1. The van der Waals surface area contributed by atoms with E-state index in [4.69, 9.17) is 0 Å². The molecule has 1 heterocycles. The van der Waals surface area contributed by atoms with Crippen molar-refractivity contribution in [2.24, 2.45) is 17.3 Å². The van der Waals surface area contributed by atoms with Gasteiger partial charge in [-0.3, -0.25) is 9.59 Å². The van der Waals surface area contributed by atoms with Crippen LogP contribution in [0.25, 0.3) is 0 Å². The van der Waals surface area contributed by atoms with E-state index in [1.807, 2.05) is 0 Å². The molecule has 0 radical (unpaired) electrons. The van der Waals surface area contributed by atoms with Crippen LogP contribution in [0.2, 0.25) is 0 Å². The summed E-state index contributed by atoms with van der Waals surface area (Å²) in [6, 6.07) is 0. The summed E-state index contributed by atoms with van der Waals surface area (Å²) in [6.45, 7) is 2.21. The Balaban J connectivity index is 0.00000261. The average Bonchev–Trinajstić information content (AvgIpc) is 3.34. The molecule has 0 aromatic rings. The van der Waals surface area contributed by atoms with Crippen molar-refractivity contribution in [2.45, 2.75) is 63.6 Å². The number of hydrogen-bond acceptors (Lipinski definition) is 5. The number of rotatable bonds is 7. The second-order valence-corrected chi connectivity index (χ2v) is 8.41. The summed E-state index contributed by atoms with van der Waals surface area (Å²) in [4.78, 5) is 25.3. The minimum absolute atomic E-state index is 0. The van der Waals surface area contributed by atoms with E-state index < -0.39 is 5.41 Å². The van der Waals surface area contributed by atoms with Crippen molar-refractivity contribution in [3.63, 3.8) is 0 Å². The Morgan fingerprint density at radius 2 is 1.56 bits per heavy atom. The molecule has 0 aromatic heterocycles. The Bertz CT molecular complexity index is 513. The predicted molar refractivity (Wildman–Crippen MR) is 104 cm³/mol. The van der Waals surface area contributed by atoms with Gasteiger partial charge in [-0.1, -0.05) is 12.8 Å². The van der Waals surface area contributed by atoms with Crippen LogP contribution in [0.3, 0.4) is 0 Å². The lowest BCUT2D eigenvalue weighted by molar-refractivity contribution is -0.136. The molecule has 2 aliphatic carbocycles. The number of nitrogens with one attached hydrogen (secondary N) is 3. The number of halogens is 1. The van der Waals surface area contributed by atoms with Gasteiger partial charge >= 0.3 is 0 Å². The van der Waals surface area contributed by atoms with Crippen LogP contribution < -0.4 is 16.0 Å². The lowest BCUT2D eigenvalue weighted by Crippen LogP contribution is -2.47. The monoisotopic (exact) mass is 403 g/mol. The lowest BCUT2D eigenvalue weighted by Gasteiger charge is -2.28. The Morgan fingerprint density at radius 3 is 2.04 bits per heavy atom. The molecule has 1 aliphatic heterocycles. The van der Waals surface area contributed by atoms with Crippen molar-refractivity contribution in [1.29, 1.82) is 0 Å². The standard InChI is InChI=1S/C19H33N3O4.ClH/c23-15-5-1-3-13(15)10-21-17(25)9-19(7-8-20-12-19)18(26)22-11-14-4-2-6-16(14)24;/h13-16,20,23-24H,1-12H2,(H,21,25)(H,22,26);1H. The van der Waals surface area contributed by atoms with E-state index in [2.05, 4.69) is 16.0 Å². The fourth-order valence-electron chi connectivity index (χ4n) is 4.71. The zero-order valence-electron chi connectivity index (χ0n) is 15.9. The SMILES string of the molecule is Cl.O=C(CC1(C(=O)NCC2CCCC2O)CCNC1)NCC1CCCC1O. The maximum Gasteiger partial charge on any atom is 0.228 e. The maximum absolute atomic E-state index is 12.8. The third-order valence-electron chi connectivity index (χ3n) is 6.55. The van der Waals surface area contributed by atoms with Gasteiger partial charge < -0.3 is 26.2 Å². The highest BCUT2D eigenvalue weighted by Crippen LogP contribution is 2.31. The highest BCUT2D eigenvalue weighted by Gasteiger charge is 2.43. The van der Waals surface area contributed by atoms with Gasteiger partial charge in [-0.15, -0.1) is 12.4 Å². The molecule has 5 unspecified atom stereocenters. The second kappa shape index (κ2) is 10.0. The first-order chi connectivity index (χ1) is 12.5. The minimum Gasteiger partial charge on any atom is -0.393 e. The zero-order valence-corrected chi connectivity index (χ0v) is 16.7. The van der Waals surface area contributed by atoms with Crippen LogP contribution in [0.1, 0.15) is 51.4 Å². The van der Waals surface area contributed by atoms with Gasteiger partial charge in [0, 0.05) is 37.9 Å². The highest BCUT2D eigenvalue weighted by molar-refractivity contribution is 5.89. The number of hydrogen-bond donors (Lipinski definition) is 5. The summed E-state index contributed by atoms with van der Waals surface area (Å²) in [6.07, 6.45) is 5.68. The molecule has 0 spiro atoms. The first-order valence-corrected chi connectivity index (χ1v) is 10.1. The van der Waals surface area contributed by atoms with Crippen LogP contribution in [0, 0.1) is 17.3 Å². The fraction of sp³-hybridized carbons (Fsp3) is 0.895. The Hall–Kier alpha value is -0.890. The van der Waals surface area contributed by atoms with E-state index in [-0.39, 0.29) is 54.7 Å². The molecule has 7 nitrogen and oxygen atoms in total. The molecule has 3 rings (SSSR count). The zero-order chi connectivity index (χ0) is 18.6. The van der Waals surface area contributed by atoms with Crippen LogP contribution in [-0.4, -0.2) is 60.4 Å². The molecule has 1 saturated heterocycles. The van der Waals surface area contributed by atoms with Gasteiger partial charge in [0.25, 0.3) is 0 Å². The molecule has 2 saturated carbocycles. The molecule has 156 valence electrons. The third kappa shape index (κ3) is 5.56. The maximum atomic E-state index is 12.8. The van der Waals surface area contributed by atoms with Crippen molar-refractivity contribution in [3.8, 4) is 0 Å². The minimum atomic E-state index is -0.706. The Kier molecular flexibility index (Phi) is 8.34. The first kappa shape index (κ1) is 22.4. The largest absolute Gasteiger partial charge is 0.393 e. The topological polar surface area (TPSA) is 111 Å². The fourth-order valence-corrected chi connectivity index (χ4v) is 4.71. The van der Waals surface area contributed by atoms with Crippen molar-refractivity contribution in [3.05, 3.63) is 0 Å². The van der Waals surface area contributed by atoms with E-state index in [1.54, 1.807) is 0 Å². The molecule has 27 heavy (non-hydrogen) atoms. The highest BCUT2D eigenvalue weighted by atomic mass is 35.5. The quantitative estimate of drug-likeness (QED) is 0.421. The molecule has 0 bridgehead atoms. The van der Waals surface area contributed by atoms with Gasteiger partial charge in [0.1, 0.15) is 0 Å². The van der Waals surface area contributed by atoms with Gasteiger partial charge in [-0.05, 0) is 38.6 Å². The van der Waals surface area contributed by atoms with Crippen molar-refractivity contribution in [1.82, 2.24) is 16.0 Å². The number of carbonyl (C=O) groups excluding carboxylic acids is 2.